The van der Waals surface area contributed by atoms with Gasteiger partial charge in [0.25, 0.3) is 0 Å². The Kier molecular flexibility index (Phi) is 10.3. The Labute approximate surface area is 132 Å². The number of hydrogen-bond donors (Lipinski definition) is 0. The first-order valence-electron chi connectivity index (χ1n) is 8.25. The van der Waals surface area contributed by atoms with Crippen LogP contribution in [0, 0.1) is 0 Å². The van der Waals surface area contributed by atoms with Crippen LogP contribution in [0.4, 0.5) is 0 Å². The molecule has 0 fully saturated rings. The maximum atomic E-state index is 3.00. The minimum Gasteiger partial charge on any atom is -0.106 e. The van der Waals surface area contributed by atoms with Crippen molar-refractivity contribution in [3.63, 3.8) is 0 Å². The molecule has 0 heteroatoms. The second-order valence-corrected chi connectivity index (χ2v) is 4.77. The van der Waals surface area contributed by atoms with Crippen LogP contribution in [0.5, 0.6) is 0 Å². The second-order valence-electron chi connectivity index (χ2n) is 4.77. The van der Waals surface area contributed by atoms with E-state index in [-0.39, 0.29) is 0 Å². The highest BCUT2D eigenvalue weighted by Gasteiger charge is 2.22. The van der Waals surface area contributed by atoms with Crippen molar-refractivity contribution in [3.8, 4) is 0 Å². The van der Waals surface area contributed by atoms with Gasteiger partial charge in [-0.25, -0.2) is 0 Å². The van der Waals surface area contributed by atoms with Crippen LogP contribution in [-0.2, 0) is 0 Å². The maximum Gasteiger partial charge on any atom is -0.0121 e. The molecule has 116 valence electrons. The van der Waals surface area contributed by atoms with Crippen LogP contribution in [0.25, 0.3) is 5.57 Å². The zero-order chi connectivity index (χ0) is 16.3. The van der Waals surface area contributed by atoms with Gasteiger partial charge < -0.3 is 0 Å². The Hall–Kier alpha value is -1.56. The molecule has 0 aromatic heterocycles. The van der Waals surface area contributed by atoms with E-state index in [0.29, 0.717) is 0 Å². The normalized spacial score (nSPS) is 16.5. The molecule has 1 aromatic rings. The molecule has 1 unspecified atom stereocenters. The first-order chi connectivity index (χ1) is 10.3. The summed E-state index contributed by atoms with van der Waals surface area (Å²) in [5, 5.41) is 0. The van der Waals surface area contributed by atoms with Gasteiger partial charge in [0.1, 0.15) is 0 Å². The topological polar surface area (TPSA) is 0 Å². The van der Waals surface area contributed by atoms with Gasteiger partial charge in [-0.2, -0.15) is 0 Å². The second kappa shape index (κ2) is 11.1. The average Bonchev–Trinajstić information content (AvgIpc) is 2.59. The van der Waals surface area contributed by atoms with Crippen molar-refractivity contribution < 1.29 is 0 Å². The Balaban J connectivity index is 0.000000921. The van der Waals surface area contributed by atoms with E-state index in [0.717, 1.165) is 5.92 Å². The molecule has 0 amide bonds. The minimum atomic E-state index is 0.718. The van der Waals surface area contributed by atoms with Crippen molar-refractivity contribution in [2.45, 2.75) is 59.8 Å². The third-order valence-electron chi connectivity index (χ3n) is 3.82. The van der Waals surface area contributed by atoms with Gasteiger partial charge in [0.2, 0.25) is 0 Å². The molecule has 1 aliphatic rings. The summed E-state index contributed by atoms with van der Waals surface area (Å²) in [6.45, 7) is 16.7. The standard InChI is InChI=1S/C17H22.C2H6.C2H4/c1-4-9-15-13(5-2)12-14(6-3)16-10-7-8-11-17(15)16;2*1-2/h4,7-11,14H,5-6,12H2,1-3H3;1-2H3;1-2H2/b9-4-;;. The molecule has 0 N–H and O–H groups in total. The lowest BCUT2D eigenvalue weighted by molar-refractivity contribution is 0.636. The van der Waals surface area contributed by atoms with E-state index >= 15 is 0 Å². The summed E-state index contributed by atoms with van der Waals surface area (Å²) in [5.74, 6) is 0.718. The zero-order valence-corrected chi connectivity index (χ0v) is 14.6. The number of fused-ring (bicyclic) bond motifs is 1. The summed E-state index contributed by atoms with van der Waals surface area (Å²) in [6, 6.07) is 8.92. The molecule has 0 heterocycles. The number of rotatable bonds is 3. The Morgan fingerprint density at radius 3 is 2.29 bits per heavy atom. The van der Waals surface area contributed by atoms with E-state index < -0.39 is 0 Å². The van der Waals surface area contributed by atoms with Crippen LogP contribution in [0.2, 0.25) is 0 Å². The van der Waals surface area contributed by atoms with Crippen LogP contribution in [0.15, 0.2) is 55.1 Å². The molecule has 1 aromatic carbocycles. The van der Waals surface area contributed by atoms with Crippen LogP contribution in [-0.4, -0.2) is 0 Å². The molecule has 0 saturated heterocycles. The third kappa shape index (κ3) is 4.74. The predicted octanol–water partition coefficient (Wildman–Crippen LogP) is 7.15. The quantitative estimate of drug-likeness (QED) is 0.517. The average molecular weight is 284 g/mol. The fraction of sp³-hybridized carbons (Fsp3) is 0.429. The first-order valence-corrected chi connectivity index (χ1v) is 8.25. The van der Waals surface area contributed by atoms with Gasteiger partial charge in [-0.1, -0.05) is 69.7 Å². The molecule has 0 saturated carbocycles. The predicted molar refractivity (Wildman–Crippen MR) is 98.7 cm³/mol. The van der Waals surface area contributed by atoms with Gasteiger partial charge in [-0.15, -0.1) is 13.2 Å². The summed E-state index contributed by atoms with van der Waals surface area (Å²) < 4.78 is 0. The van der Waals surface area contributed by atoms with Gasteiger partial charge in [0, 0.05) is 0 Å². The molecule has 21 heavy (non-hydrogen) atoms. The zero-order valence-electron chi connectivity index (χ0n) is 14.6. The van der Waals surface area contributed by atoms with Crippen molar-refractivity contribution in [2.24, 2.45) is 0 Å². The molecule has 1 aliphatic carbocycles. The Morgan fingerprint density at radius 1 is 1.14 bits per heavy atom. The van der Waals surface area contributed by atoms with E-state index in [4.69, 9.17) is 0 Å². The maximum absolute atomic E-state index is 3.00. The molecule has 0 bridgehead atoms. The summed E-state index contributed by atoms with van der Waals surface area (Å²) in [6.07, 6.45) is 8.09. The number of benzene rings is 1. The van der Waals surface area contributed by atoms with Gasteiger partial charge in [0.15, 0.2) is 0 Å². The molecule has 0 spiro atoms. The smallest absolute Gasteiger partial charge is 0.0121 e. The summed E-state index contributed by atoms with van der Waals surface area (Å²) in [4.78, 5) is 0. The summed E-state index contributed by atoms with van der Waals surface area (Å²) >= 11 is 0. The van der Waals surface area contributed by atoms with Crippen molar-refractivity contribution in [1.82, 2.24) is 0 Å². The Morgan fingerprint density at radius 2 is 1.76 bits per heavy atom. The van der Waals surface area contributed by atoms with Gasteiger partial charge in [0.05, 0.1) is 0 Å². The molecular formula is C21H32. The summed E-state index contributed by atoms with van der Waals surface area (Å²) in [7, 11) is 0. The lowest BCUT2D eigenvalue weighted by Gasteiger charge is -2.28. The fourth-order valence-corrected chi connectivity index (χ4v) is 2.88. The lowest BCUT2D eigenvalue weighted by Crippen LogP contribution is -2.09. The molecule has 2 rings (SSSR count). The third-order valence-corrected chi connectivity index (χ3v) is 3.82. The van der Waals surface area contributed by atoms with E-state index in [2.05, 4.69) is 70.3 Å². The van der Waals surface area contributed by atoms with E-state index in [1.54, 1.807) is 11.1 Å². The van der Waals surface area contributed by atoms with Crippen LogP contribution >= 0.6 is 0 Å². The van der Waals surface area contributed by atoms with Crippen LogP contribution in [0.1, 0.15) is 70.9 Å². The highest BCUT2D eigenvalue weighted by atomic mass is 14.3. The van der Waals surface area contributed by atoms with Gasteiger partial charge in [-0.05, 0) is 48.8 Å². The largest absolute Gasteiger partial charge is 0.106 e. The molecule has 0 radical (unpaired) electrons. The minimum absolute atomic E-state index is 0.718. The van der Waals surface area contributed by atoms with Crippen LogP contribution in [0.3, 0.4) is 0 Å². The Bertz CT molecular complexity index is 463. The number of allylic oxidation sites excluding steroid dienone is 4. The highest BCUT2D eigenvalue weighted by Crippen LogP contribution is 2.41. The van der Waals surface area contributed by atoms with Gasteiger partial charge >= 0.3 is 0 Å². The highest BCUT2D eigenvalue weighted by molar-refractivity contribution is 5.80. The fourth-order valence-electron chi connectivity index (χ4n) is 2.88. The molecule has 0 aliphatic heterocycles. The van der Waals surface area contributed by atoms with E-state index in [1.807, 2.05) is 13.8 Å². The van der Waals surface area contributed by atoms with E-state index in [9.17, 15) is 0 Å². The SMILES string of the molecule is C/C=C\C1=C(CC)CC(CC)c2ccccc21.C=C.CC. The molecule has 1 atom stereocenters. The first kappa shape index (κ1) is 19.4. The molecule has 0 nitrogen and oxygen atoms in total. The van der Waals surface area contributed by atoms with Gasteiger partial charge in [-0.3, -0.25) is 0 Å². The summed E-state index contributed by atoms with van der Waals surface area (Å²) in [5.41, 5.74) is 6.09. The van der Waals surface area contributed by atoms with E-state index in [1.165, 1.54) is 30.4 Å². The van der Waals surface area contributed by atoms with Crippen LogP contribution < -0.4 is 0 Å². The number of hydrogen-bond acceptors (Lipinski definition) is 0. The van der Waals surface area contributed by atoms with Crippen molar-refractivity contribution in [3.05, 3.63) is 66.3 Å². The van der Waals surface area contributed by atoms with Crippen molar-refractivity contribution >= 4 is 5.57 Å². The van der Waals surface area contributed by atoms with Crippen molar-refractivity contribution in [1.29, 1.82) is 0 Å². The molecular weight excluding hydrogens is 252 g/mol. The lowest BCUT2D eigenvalue weighted by atomic mass is 9.77. The van der Waals surface area contributed by atoms with Crippen molar-refractivity contribution in [2.75, 3.05) is 0 Å². The monoisotopic (exact) mass is 284 g/mol.